The molecule has 0 saturated heterocycles. The zero-order chi connectivity index (χ0) is 17.9. The first-order chi connectivity index (χ1) is 12.7. The lowest BCUT2D eigenvalue weighted by molar-refractivity contribution is 0.415. The molecule has 4 nitrogen and oxygen atoms in total. The van der Waals surface area contributed by atoms with Crippen LogP contribution in [0, 0.1) is 0 Å². The minimum atomic E-state index is 0.185. The number of para-hydroxylation sites is 1. The number of rotatable bonds is 5. The van der Waals surface area contributed by atoms with Crippen LogP contribution in [0.15, 0.2) is 66.7 Å². The van der Waals surface area contributed by atoms with Crippen molar-refractivity contribution in [1.29, 1.82) is 0 Å². The van der Waals surface area contributed by atoms with Crippen molar-refractivity contribution in [1.82, 2.24) is 10.2 Å². The zero-order valence-corrected chi connectivity index (χ0v) is 15.5. The fourth-order valence-corrected chi connectivity index (χ4v) is 3.73. The maximum Gasteiger partial charge on any atom is 0.210 e. The molecule has 0 spiro atoms. The van der Waals surface area contributed by atoms with E-state index in [1.165, 1.54) is 16.3 Å². The second-order valence-corrected chi connectivity index (χ2v) is 7.14. The summed E-state index contributed by atoms with van der Waals surface area (Å²) < 4.78 is 5.30. The standard InChI is InChI=1S/C21H19N3OS/c1-14(15-8-9-17-13-19(25-2)11-10-16(17)12-15)20-23-24-21(26-20)22-18-6-4-3-5-7-18/h3-14H,1-2H3,(H,22,24). The van der Waals surface area contributed by atoms with Gasteiger partial charge in [0.2, 0.25) is 5.13 Å². The fourth-order valence-electron chi connectivity index (χ4n) is 2.89. The number of nitrogens with one attached hydrogen (secondary N) is 1. The van der Waals surface area contributed by atoms with Crippen LogP contribution in [0.2, 0.25) is 0 Å². The lowest BCUT2D eigenvalue weighted by atomic mass is 9.98. The quantitative estimate of drug-likeness (QED) is 0.503. The molecule has 1 aromatic heterocycles. The highest BCUT2D eigenvalue weighted by Crippen LogP contribution is 2.32. The molecule has 5 heteroatoms. The average Bonchev–Trinajstić information content (AvgIpc) is 3.15. The number of fused-ring (bicyclic) bond motifs is 1. The van der Waals surface area contributed by atoms with Crippen LogP contribution in [-0.2, 0) is 0 Å². The van der Waals surface area contributed by atoms with Crippen LogP contribution in [0.25, 0.3) is 10.8 Å². The SMILES string of the molecule is COc1ccc2cc(C(C)c3nnc(Nc4ccccc4)s3)ccc2c1. The Morgan fingerprint density at radius 1 is 0.923 bits per heavy atom. The third kappa shape index (κ3) is 3.39. The zero-order valence-electron chi connectivity index (χ0n) is 14.6. The highest BCUT2D eigenvalue weighted by Gasteiger charge is 2.15. The highest BCUT2D eigenvalue weighted by atomic mass is 32.1. The molecule has 130 valence electrons. The molecule has 3 aromatic carbocycles. The molecule has 4 aromatic rings. The summed E-state index contributed by atoms with van der Waals surface area (Å²) in [6.45, 7) is 2.16. The van der Waals surface area contributed by atoms with E-state index >= 15 is 0 Å². The molecular formula is C21H19N3OS. The first-order valence-electron chi connectivity index (χ1n) is 8.46. The van der Waals surface area contributed by atoms with Crippen molar-refractivity contribution in [3.63, 3.8) is 0 Å². The van der Waals surface area contributed by atoms with Crippen LogP contribution >= 0.6 is 11.3 Å². The Hall–Kier alpha value is -2.92. The molecule has 0 fully saturated rings. The van der Waals surface area contributed by atoms with E-state index in [0.29, 0.717) is 0 Å². The van der Waals surface area contributed by atoms with E-state index in [9.17, 15) is 0 Å². The van der Waals surface area contributed by atoms with Crippen molar-refractivity contribution in [3.05, 3.63) is 77.3 Å². The van der Waals surface area contributed by atoms with E-state index in [1.807, 2.05) is 36.4 Å². The molecule has 26 heavy (non-hydrogen) atoms. The number of aromatic nitrogens is 2. The van der Waals surface area contributed by atoms with Crippen LogP contribution < -0.4 is 10.1 Å². The Balaban J connectivity index is 1.57. The third-order valence-corrected chi connectivity index (χ3v) is 5.43. The number of nitrogens with zero attached hydrogens (tertiary/aromatic N) is 2. The molecule has 1 atom stereocenters. The Kier molecular flexibility index (Phi) is 4.54. The summed E-state index contributed by atoms with van der Waals surface area (Å²) in [6.07, 6.45) is 0. The molecule has 4 rings (SSSR count). The lowest BCUT2D eigenvalue weighted by Crippen LogP contribution is -1.95. The van der Waals surface area contributed by atoms with Crippen molar-refractivity contribution in [3.8, 4) is 5.75 Å². The molecule has 1 unspecified atom stereocenters. The molecule has 0 amide bonds. The summed E-state index contributed by atoms with van der Waals surface area (Å²) in [5.41, 5.74) is 2.24. The topological polar surface area (TPSA) is 47.0 Å². The van der Waals surface area contributed by atoms with Gasteiger partial charge < -0.3 is 10.1 Å². The van der Waals surface area contributed by atoms with Gasteiger partial charge in [-0.15, -0.1) is 10.2 Å². The molecule has 1 N–H and O–H groups in total. The molecule has 0 aliphatic rings. The van der Waals surface area contributed by atoms with E-state index in [1.54, 1.807) is 18.4 Å². The fraction of sp³-hybridized carbons (Fsp3) is 0.143. The second-order valence-electron chi connectivity index (χ2n) is 6.13. The van der Waals surface area contributed by atoms with Gasteiger partial charge in [-0.05, 0) is 40.6 Å². The summed E-state index contributed by atoms with van der Waals surface area (Å²) in [5.74, 6) is 1.06. The number of benzene rings is 3. The average molecular weight is 361 g/mol. The number of hydrogen-bond donors (Lipinski definition) is 1. The summed E-state index contributed by atoms with van der Waals surface area (Å²) in [7, 11) is 1.69. The maximum absolute atomic E-state index is 5.30. The molecule has 0 aliphatic heterocycles. The summed E-state index contributed by atoms with van der Waals surface area (Å²) >= 11 is 1.59. The van der Waals surface area contributed by atoms with Crippen LogP contribution in [0.1, 0.15) is 23.4 Å². The molecule has 0 saturated carbocycles. The summed E-state index contributed by atoms with van der Waals surface area (Å²) in [5, 5.41) is 16.1. The van der Waals surface area contributed by atoms with Crippen molar-refractivity contribution in [2.45, 2.75) is 12.8 Å². The van der Waals surface area contributed by atoms with Gasteiger partial charge in [-0.3, -0.25) is 0 Å². The smallest absolute Gasteiger partial charge is 0.210 e. The molecule has 1 heterocycles. The lowest BCUT2D eigenvalue weighted by Gasteiger charge is -2.10. The summed E-state index contributed by atoms with van der Waals surface area (Å²) in [6, 6.07) is 22.6. The number of hydrogen-bond acceptors (Lipinski definition) is 5. The van der Waals surface area contributed by atoms with Gasteiger partial charge in [0.1, 0.15) is 10.8 Å². The molecule has 0 bridgehead atoms. The van der Waals surface area contributed by atoms with Gasteiger partial charge in [0.25, 0.3) is 0 Å². The molecule has 0 aliphatic carbocycles. The van der Waals surface area contributed by atoms with Crippen LogP contribution in [0.5, 0.6) is 5.75 Å². The van der Waals surface area contributed by atoms with Crippen LogP contribution in [-0.4, -0.2) is 17.3 Å². The van der Waals surface area contributed by atoms with Gasteiger partial charge in [-0.25, -0.2) is 0 Å². The molecular weight excluding hydrogens is 342 g/mol. The van der Waals surface area contributed by atoms with Gasteiger partial charge in [-0.2, -0.15) is 0 Å². The van der Waals surface area contributed by atoms with Gasteiger partial charge >= 0.3 is 0 Å². The first-order valence-corrected chi connectivity index (χ1v) is 9.28. The predicted molar refractivity (Wildman–Crippen MR) is 108 cm³/mol. The largest absolute Gasteiger partial charge is 0.497 e. The van der Waals surface area contributed by atoms with Crippen LogP contribution in [0.4, 0.5) is 10.8 Å². The van der Waals surface area contributed by atoms with Crippen molar-refractivity contribution < 1.29 is 4.74 Å². The van der Waals surface area contributed by atoms with E-state index in [4.69, 9.17) is 4.74 Å². The minimum absolute atomic E-state index is 0.185. The van der Waals surface area contributed by atoms with Crippen molar-refractivity contribution in [2.75, 3.05) is 12.4 Å². The van der Waals surface area contributed by atoms with Gasteiger partial charge in [0, 0.05) is 11.6 Å². The highest BCUT2D eigenvalue weighted by molar-refractivity contribution is 7.15. The monoisotopic (exact) mass is 361 g/mol. The normalized spacial score (nSPS) is 12.1. The van der Waals surface area contributed by atoms with Crippen LogP contribution in [0.3, 0.4) is 0 Å². The van der Waals surface area contributed by atoms with E-state index in [0.717, 1.165) is 21.6 Å². The summed E-state index contributed by atoms with van der Waals surface area (Å²) in [4.78, 5) is 0. The van der Waals surface area contributed by atoms with Gasteiger partial charge in [0.15, 0.2) is 0 Å². The van der Waals surface area contributed by atoms with Crippen molar-refractivity contribution >= 4 is 32.9 Å². The number of anilines is 2. The second kappa shape index (κ2) is 7.14. The van der Waals surface area contributed by atoms with Gasteiger partial charge in [-0.1, -0.05) is 60.7 Å². The predicted octanol–water partition coefficient (Wildman–Crippen LogP) is 5.60. The third-order valence-electron chi connectivity index (χ3n) is 4.41. The van der Waals surface area contributed by atoms with Crippen molar-refractivity contribution in [2.24, 2.45) is 0 Å². The Morgan fingerprint density at radius 3 is 2.50 bits per heavy atom. The Labute approximate surface area is 156 Å². The first kappa shape index (κ1) is 16.5. The minimum Gasteiger partial charge on any atom is -0.497 e. The van der Waals surface area contributed by atoms with E-state index in [2.05, 4.69) is 52.8 Å². The molecule has 0 radical (unpaired) electrons. The van der Waals surface area contributed by atoms with E-state index < -0.39 is 0 Å². The number of ether oxygens (including phenoxy) is 1. The Bertz CT molecular complexity index is 1030. The van der Waals surface area contributed by atoms with E-state index in [-0.39, 0.29) is 5.92 Å². The maximum atomic E-state index is 5.30. The van der Waals surface area contributed by atoms with Gasteiger partial charge in [0.05, 0.1) is 7.11 Å². The Morgan fingerprint density at radius 2 is 1.69 bits per heavy atom. The number of methoxy groups -OCH3 is 1.